The largest absolute Gasteiger partial charge is 0.480 e. The minimum atomic E-state index is -1.02. The summed E-state index contributed by atoms with van der Waals surface area (Å²) >= 11 is 3.16. The normalized spacial score (nSPS) is 12.2. The van der Waals surface area contributed by atoms with Crippen molar-refractivity contribution in [1.82, 2.24) is 10.3 Å². The molecule has 0 bridgehead atoms. The van der Waals surface area contributed by atoms with E-state index in [0.29, 0.717) is 16.6 Å². The Morgan fingerprint density at radius 2 is 2.17 bits per heavy atom. The van der Waals surface area contributed by atoms with Crippen LogP contribution in [0.4, 0.5) is 0 Å². The van der Waals surface area contributed by atoms with Gasteiger partial charge in [-0.1, -0.05) is 13.8 Å². The van der Waals surface area contributed by atoms with Gasteiger partial charge in [-0.05, 0) is 40.4 Å². The topological polar surface area (TPSA) is 79.3 Å². The van der Waals surface area contributed by atoms with Crippen LogP contribution in [0.5, 0.6) is 0 Å². The fraction of sp³-hybridized carbons (Fsp3) is 0.417. The highest BCUT2D eigenvalue weighted by molar-refractivity contribution is 9.10. The van der Waals surface area contributed by atoms with Crippen LogP contribution in [0.3, 0.4) is 0 Å². The number of aromatic nitrogens is 1. The summed E-state index contributed by atoms with van der Waals surface area (Å²) in [5.74, 6) is -1.24. The molecule has 1 aromatic heterocycles. The van der Waals surface area contributed by atoms with Crippen molar-refractivity contribution in [1.29, 1.82) is 0 Å². The van der Waals surface area contributed by atoms with Gasteiger partial charge in [-0.2, -0.15) is 0 Å². The van der Waals surface area contributed by atoms with E-state index in [1.807, 2.05) is 13.8 Å². The first-order valence-electron chi connectivity index (χ1n) is 5.55. The molecule has 1 heterocycles. The average Bonchev–Trinajstić information content (AvgIpc) is 2.27. The Kier molecular flexibility index (Phi) is 5.27. The summed E-state index contributed by atoms with van der Waals surface area (Å²) in [5, 5.41) is 11.5. The molecule has 0 spiro atoms. The van der Waals surface area contributed by atoms with E-state index in [9.17, 15) is 9.59 Å². The zero-order chi connectivity index (χ0) is 13.7. The van der Waals surface area contributed by atoms with E-state index in [4.69, 9.17) is 5.11 Å². The molecule has 18 heavy (non-hydrogen) atoms. The van der Waals surface area contributed by atoms with E-state index >= 15 is 0 Å². The number of carboxylic acid groups (broad SMARTS) is 1. The third-order valence-corrected chi connectivity index (χ3v) is 2.73. The van der Waals surface area contributed by atoms with Crippen LogP contribution in [0.15, 0.2) is 22.9 Å². The summed E-state index contributed by atoms with van der Waals surface area (Å²) in [5.41, 5.74) is 0.381. The minimum Gasteiger partial charge on any atom is -0.480 e. The number of carboxylic acids is 1. The minimum absolute atomic E-state index is 0.190. The highest BCUT2D eigenvalue weighted by atomic mass is 79.9. The number of hydrogen-bond donors (Lipinski definition) is 2. The lowest BCUT2D eigenvalue weighted by atomic mass is 10.0. The molecule has 0 aliphatic rings. The number of aliphatic carboxylic acids is 1. The molecular weight excluding hydrogens is 300 g/mol. The van der Waals surface area contributed by atoms with E-state index in [1.165, 1.54) is 12.3 Å². The molecule has 2 N–H and O–H groups in total. The SMILES string of the molecule is CC(C)CC(NC(=O)c1ccnc(Br)c1)C(=O)O. The summed E-state index contributed by atoms with van der Waals surface area (Å²) in [6.45, 7) is 3.82. The summed E-state index contributed by atoms with van der Waals surface area (Å²) in [6, 6.07) is 2.21. The van der Waals surface area contributed by atoms with Crippen LogP contribution in [0, 0.1) is 5.92 Å². The number of pyridine rings is 1. The molecule has 1 unspecified atom stereocenters. The van der Waals surface area contributed by atoms with Gasteiger partial charge in [0.1, 0.15) is 10.6 Å². The fourth-order valence-electron chi connectivity index (χ4n) is 1.48. The Morgan fingerprint density at radius 1 is 1.50 bits per heavy atom. The zero-order valence-electron chi connectivity index (χ0n) is 10.2. The Labute approximate surface area is 114 Å². The van der Waals surface area contributed by atoms with E-state index in [-0.39, 0.29) is 5.92 Å². The van der Waals surface area contributed by atoms with Gasteiger partial charge in [-0.3, -0.25) is 4.79 Å². The lowest BCUT2D eigenvalue weighted by Gasteiger charge is -2.16. The van der Waals surface area contributed by atoms with Gasteiger partial charge < -0.3 is 10.4 Å². The quantitative estimate of drug-likeness (QED) is 0.815. The van der Waals surface area contributed by atoms with Gasteiger partial charge in [-0.15, -0.1) is 0 Å². The second-order valence-electron chi connectivity index (χ2n) is 4.36. The number of carbonyl (C=O) groups is 2. The van der Waals surface area contributed by atoms with Crippen molar-refractivity contribution in [2.75, 3.05) is 0 Å². The average molecular weight is 315 g/mol. The summed E-state index contributed by atoms with van der Waals surface area (Å²) < 4.78 is 0.533. The number of hydrogen-bond acceptors (Lipinski definition) is 3. The second kappa shape index (κ2) is 6.49. The molecule has 0 fully saturated rings. The monoisotopic (exact) mass is 314 g/mol. The van der Waals surface area contributed by atoms with Crippen molar-refractivity contribution in [2.45, 2.75) is 26.3 Å². The van der Waals surface area contributed by atoms with Gasteiger partial charge in [0.15, 0.2) is 0 Å². The number of nitrogens with zero attached hydrogens (tertiary/aromatic N) is 1. The van der Waals surface area contributed by atoms with Crippen molar-refractivity contribution in [3.05, 3.63) is 28.5 Å². The lowest BCUT2D eigenvalue weighted by Crippen LogP contribution is -2.41. The highest BCUT2D eigenvalue weighted by Crippen LogP contribution is 2.10. The third-order valence-electron chi connectivity index (χ3n) is 2.30. The van der Waals surface area contributed by atoms with Gasteiger partial charge in [0, 0.05) is 11.8 Å². The van der Waals surface area contributed by atoms with E-state index in [1.54, 1.807) is 6.07 Å². The lowest BCUT2D eigenvalue weighted by molar-refractivity contribution is -0.139. The maximum Gasteiger partial charge on any atom is 0.326 e. The second-order valence-corrected chi connectivity index (χ2v) is 5.17. The molecule has 0 aliphatic carbocycles. The maximum atomic E-state index is 11.9. The maximum absolute atomic E-state index is 11.9. The van der Waals surface area contributed by atoms with Gasteiger partial charge in [0.05, 0.1) is 0 Å². The van der Waals surface area contributed by atoms with Crippen LogP contribution < -0.4 is 5.32 Å². The zero-order valence-corrected chi connectivity index (χ0v) is 11.8. The molecule has 98 valence electrons. The summed E-state index contributed by atoms with van der Waals surface area (Å²) in [7, 11) is 0. The molecule has 0 aromatic carbocycles. The molecule has 0 aliphatic heterocycles. The van der Waals surface area contributed by atoms with Crippen molar-refractivity contribution in [2.24, 2.45) is 5.92 Å². The van der Waals surface area contributed by atoms with Crippen molar-refractivity contribution < 1.29 is 14.7 Å². The first-order valence-corrected chi connectivity index (χ1v) is 6.34. The van der Waals surface area contributed by atoms with Gasteiger partial charge in [0.2, 0.25) is 0 Å². The van der Waals surface area contributed by atoms with Crippen molar-refractivity contribution in [3.8, 4) is 0 Å². The van der Waals surface area contributed by atoms with E-state index in [0.717, 1.165) is 0 Å². The van der Waals surface area contributed by atoms with Crippen molar-refractivity contribution >= 4 is 27.8 Å². The first-order chi connectivity index (χ1) is 8.40. The predicted octanol–water partition coefficient (Wildman–Crippen LogP) is 2.07. The Balaban J connectivity index is 2.75. The molecule has 6 heteroatoms. The molecule has 1 rings (SSSR count). The van der Waals surface area contributed by atoms with Crippen molar-refractivity contribution in [3.63, 3.8) is 0 Å². The number of rotatable bonds is 5. The molecule has 0 saturated carbocycles. The molecule has 1 atom stereocenters. The fourth-order valence-corrected chi connectivity index (χ4v) is 1.84. The van der Waals surface area contributed by atoms with Crippen LogP contribution in [0.25, 0.3) is 0 Å². The number of nitrogens with one attached hydrogen (secondary N) is 1. The Hall–Kier alpha value is -1.43. The van der Waals surface area contributed by atoms with Crippen LogP contribution in [-0.2, 0) is 4.79 Å². The van der Waals surface area contributed by atoms with Crippen LogP contribution >= 0.6 is 15.9 Å². The van der Waals surface area contributed by atoms with Crippen LogP contribution in [0.2, 0.25) is 0 Å². The van der Waals surface area contributed by atoms with Gasteiger partial charge in [0.25, 0.3) is 5.91 Å². The Bertz CT molecular complexity index is 449. The third kappa shape index (κ3) is 4.44. The van der Waals surface area contributed by atoms with Crippen LogP contribution in [-0.4, -0.2) is 28.0 Å². The molecule has 0 radical (unpaired) electrons. The van der Waals surface area contributed by atoms with E-state index in [2.05, 4.69) is 26.2 Å². The van der Waals surface area contributed by atoms with Crippen LogP contribution in [0.1, 0.15) is 30.6 Å². The van der Waals surface area contributed by atoms with Gasteiger partial charge in [-0.25, -0.2) is 9.78 Å². The summed E-state index contributed by atoms with van der Waals surface area (Å²) in [4.78, 5) is 26.8. The highest BCUT2D eigenvalue weighted by Gasteiger charge is 2.21. The standard InChI is InChI=1S/C12H15BrN2O3/c1-7(2)5-9(12(17)18)15-11(16)8-3-4-14-10(13)6-8/h3-4,6-7,9H,5H2,1-2H3,(H,15,16)(H,17,18). The molecular formula is C12H15BrN2O3. The Morgan fingerprint density at radius 3 is 2.67 bits per heavy atom. The molecule has 0 saturated heterocycles. The molecule has 1 aromatic rings. The number of halogens is 1. The predicted molar refractivity (Wildman–Crippen MR) is 70.3 cm³/mol. The smallest absolute Gasteiger partial charge is 0.326 e. The van der Waals surface area contributed by atoms with E-state index < -0.39 is 17.9 Å². The van der Waals surface area contributed by atoms with Gasteiger partial charge >= 0.3 is 5.97 Å². The molecule has 5 nitrogen and oxygen atoms in total. The number of amides is 1. The first kappa shape index (κ1) is 14.6. The molecule has 1 amide bonds. The number of carbonyl (C=O) groups excluding carboxylic acids is 1. The summed E-state index contributed by atoms with van der Waals surface area (Å²) in [6.07, 6.45) is 1.88.